The summed E-state index contributed by atoms with van der Waals surface area (Å²) in [5.41, 5.74) is 8.06. The van der Waals surface area contributed by atoms with Gasteiger partial charge in [-0.2, -0.15) is 5.26 Å². The molecule has 160 valence electrons. The molecule has 0 saturated heterocycles. The Morgan fingerprint density at radius 1 is 1.19 bits per heavy atom. The second kappa shape index (κ2) is 8.25. The molecule has 1 amide bonds. The van der Waals surface area contributed by atoms with Crippen LogP contribution in [0.25, 0.3) is 10.9 Å². The molecule has 8 heteroatoms. The van der Waals surface area contributed by atoms with Crippen LogP contribution in [0.2, 0.25) is 5.02 Å². The number of halogens is 1. The van der Waals surface area contributed by atoms with E-state index in [4.69, 9.17) is 22.1 Å². The summed E-state index contributed by atoms with van der Waals surface area (Å²) in [5.74, 6) is -1.43. The van der Waals surface area contributed by atoms with Crippen LogP contribution in [0, 0.1) is 18.3 Å². The smallest absolute Gasteiger partial charge is 0.255 e. The number of carbonyl (C=O) groups excluding carboxylic acids is 1. The van der Waals surface area contributed by atoms with Gasteiger partial charge in [-0.25, -0.2) is 0 Å². The molecular formula is C24H19ClN4O3. The van der Waals surface area contributed by atoms with Crippen molar-refractivity contribution in [2.75, 3.05) is 5.32 Å². The molecule has 1 aromatic heterocycles. The minimum Gasteiger partial charge on any atom is -0.445 e. The van der Waals surface area contributed by atoms with E-state index in [2.05, 4.69) is 10.3 Å². The van der Waals surface area contributed by atoms with Crippen LogP contribution in [-0.2, 0) is 9.53 Å². The SMILES string of the molecule is CC1=C(C(=O)Nc2ccc(Cl)cc2)C(c2cc3cc(C)ccc3[nH]c2=O)C(C#N)=C(N)O1. The average molecular weight is 447 g/mol. The quantitative estimate of drug-likeness (QED) is 0.556. The van der Waals surface area contributed by atoms with Gasteiger partial charge < -0.3 is 20.8 Å². The van der Waals surface area contributed by atoms with E-state index in [1.54, 1.807) is 37.3 Å². The molecule has 1 atom stereocenters. The van der Waals surface area contributed by atoms with Crippen molar-refractivity contribution in [2.24, 2.45) is 5.73 Å². The number of benzene rings is 2. The summed E-state index contributed by atoms with van der Waals surface area (Å²) in [6.45, 7) is 3.51. The Hall–Kier alpha value is -4.02. The molecule has 1 unspecified atom stereocenters. The predicted molar refractivity (Wildman–Crippen MR) is 123 cm³/mol. The summed E-state index contributed by atoms with van der Waals surface area (Å²) < 4.78 is 5.50. The monoisotopic (exact) mass is 446 g/mol. The highest BCUT2D eigenvalue weighted by molar-refractivity contribution is 6.30. The number of nitrogens with two attached hydrogens (primary N) is 1. The Bertz CT molecular complexity index is 1410. The number of nitrogens with one attached hydrogen (secondary N) is 2. The van der Waals surface area contributed by atoms with Gasteiger partial charge in [-0.15, -0.1) is 0 Å². The maximum Gasteiger partial charge on any atom is 0.255 e. The molecule has 0 radical (unpaired) electrons. The zero-order valence-electron chi connectivity index (χ0n) is 17.3. The first-order valence-corrected chi connectivity index (χ1v) is 10.1. The van der Waals surface area contributed by atoms with Crippen LogP contribution in [0.5, 0.6) is 0 Å². The molecule has 7 nitrogen and oxygen atoms in total. The Kier molecular flexibility index (Phi) is 5.47. The number of hydrogen-bond donors (Lipinski definition) is 3. The van der Waals surface area contributed by atoms with E-state index in [9.17, 15) is 14.9 Å². The number of fused-ring (bicyclic) bond motifs is 1. The number of amides is 1. The van der Waals surface area contributed by atoms with Gasteiger partial charge in [0.15, 0.2) is 0 Å². The van der Waals surface area contributed by atoms with E-state index in [1.807, 2.05) is 31.2 Å². The molecule has 1 aliphatic heterocycles. The molecular weight excluding hydrogens is 428 g/mol. The molecule has 0 fully saturated rings. The van der Waals surface area contributed by atoms with Crippen molar-refractivity contribution >= 4 is 34.1 Å². The first-order chi connectivity index (χ1) is 15.3. The summed E-state index contributed by atoms with van der Waals surface area (Å²) in [4.78, 5) is 29.1. The lowest BCUT2D eigenvalue weighted by atomic mass is 9.82. The number of H-pyrrole nitrogens is 1. The number of nitrogens with zero attached hydrogens (tertiary/aromatic N) is 1. The lowest BCUT2D eigenvalue weighted by Crippen LogP contribution is -2.30. The van der Waals surface area contributed by atoms with Crippen LogP contribution >= 0.6 is 11.6 Å². The second-order valence-electron chi connectivity index (χ2n) is 7.50. The van der Waals surface area contributed by atoms with Crippen LogP contribution in [0.3, 0.4) is 0 Å². The number of aromatic nitrogens is 1. The highest BCUT2D eigenvalue weighted by Gasteiger charge is 2.37. The molecule has 3 aromatic rings. The first kappa shape index (κ1) is 21.2. The lowest BCUT2D eigenvalue weighted by Gasteiger charge is -2.27. The molecule has 0 saturated carbocycles. The minimum atomic E-state index is -0.991. The topological polar surface area (TPSA) is 121 Å². The fraction of sp³-hybridized carbons (Fsp3) is 0.125. The van der Waals surface area contributed by atoms with E-state index in [1.165, 1.54) is 0 Å². The fourth-order valence-corrected chi connectivity index (χ4v) is 3.90. The molecule has 2 aromatic carbocycles. The van der Waals surface area contributed by atoms with Gasteiger partial charge >= 0.3 is 0 Å². The zero-order valence-corrected chi connectivity index (χ0v) is 18.1. The number of carbonyl (C=O) groups is 1. The van der Waals surface area contributed by atoms with E-state index in [0.717, 1.165) is 10.9 Å². The molecule has 2 heterocycles. The van der Waals surface area contributed by atoms with Crippen molar-refractivity contribution in [1.82, 2.24) is 4.98 Å². The van der Waals surface area contributed by atoms with Gasteiger partial charge in [0.2, 0.25) is 5.88 Å². The lowest BCUT2D eigenvalue weighted by molar-refractivity contribution is -0.113. The first-order valence-electron chi connectivity index (χ1n) is 9.77. The Labute approximate surface area is 188 Å². The summed E-state index contributed by atoms with van der Waals surface area (Å²) in [6, 6.07) is 15.9. The van der Waals surface area contributed by atoms with Crippen LogP contribution in [-0.4, -0.2) is 10.9 Å². The number of ether oxygens (including phenoxy) is 1. The van der Waals surface area contributed by atoms with Crippen LogP contribution < -0.4 is 16.6 Å². The average Bonchev–Trinajstić information content (AvgIpc) is 2.74. The van der Waals surface area contributed by atoms with Crippen LogP contribution in [0.15, 0.2) is 76.1 Å². The number of pyridine rings is 1. The molecule has 32 heavy (non-hydrogen) atoms. The summed E-state index contributed by atoms with van der Waals surface area (Å²) in [6.07, 6.45) is 0. The number of rotatable bonds is 3. The van der Waals surface area contributed by atoms with E-state index >= 15 is 0 Å². The molecule has 0 spiro atoms. The number of allylic oxidation sites excluding steroid dienone is 2. The van der Waals surface area contributed by atoms with E-state index < -0.39 is 17.4 Å². The summed E-state index contributed by atoms with van der Waals surface area (Å²) in [5, 5.41) is 13.9. The molecule has 0 bridgehead atoms. The third kappa shape index (κ3) is 3.84. The van der Waals surface area contributed by atoms with Gasteiger partial charge in [0.1, 0.15) is 17.4 Å². The largest absolute Gasteiger partial charge is 0.445 e. The van der Waals surface area contributed by atoms with Gasteiger partial charge in [0.25, 0.3) is 11.5 Å². The van der Waals surface area contributed by atoms with Crippen LogP contribution in [0.1, 0.15) is 24.0 Å². The normalized spacial score (nSPS) is 16.0. The second-order valence-corrected chi connectivity index (χ2v) is 7.94. The predicted octanol–water partition coefficient (Wildman–Crippen LogP) is 4.21. The fourth-order valence-electron chi connectivity index (χ4n) is 3.78. The van der Waals surface area contributed by atoms with Gasteiger partial charge in [-0.1, -0.05) is 23.2 Å². The van der Waals surface area contributed by atoms with Gasteiger partial charge in [-0.3, -0.25) is 9.59 Å². The maximum atomic E-state index is 13.3. The molecule has 4 rings (SSSR count). The Morgan fingerprint density at radius 2 is 1.91 bits per heavy atom. The molecule has 4 N–H and O–H groups in total. The number of aryl methyl sites for hydroxylation is 1. The van der Waals surface area contributed by atoms with Gasteiger partial charge in [-0.05, 0) is 61.7 Å². The van der Waals surface area contributed by atoms with Crippen molar-refractivity contribution in [3.63, 3.8) is 0 Å². The van der Waals surface area contributed by atoms with E-state index in [0.29, 0.717) is 16.2 Å². The molecule has 1 aliphatic rings. The Morgan fingerprint density at radius 3 is 2.59 bits per heavy atom. The maximum absolute atomic E-state index is 13.3. The minimum absolute atomic E-state index is 0.00522. The highest BCUT2D eigenvalue weighted by Crippen LogP contribution is 2.39. The van der Waals surface area contributed by atoms with Crippen molar-refractivity contribution in [3.05, 3.63) is 97.8 Å². The van der Waals surface area contributed by atoms with Crippen molar-refractivity contribution in [3.8, 4) is 6.07 Å². The Balaban J connectivity index is 1.86. The van der Waals surface area contributed by atoms with E-state index in [-0.39, 0.29) is 28.4 Å². The third-order valence-corrected chi connectivity index (χ3v) is 5.54. The number of aromatic amines is 1. The summed E-state index contributed by atoms with van der Waals surface area (Å²) in [7, 11) is 0. The van der Waals surface area contributed by atoms with Crippen LogP contribution in [0.4, 0.5) is 5.69 Å². The highest BCUT2D eigenvalue weighted by atomic mass is 35.5. The van der Waals surface area contributed by atoms with Crippen molar-refractivity contribution < 1.29 is 9.53 Å². The van der Waals surface area contributed by atoms with Crippen molar-refractivity contribution in [1.29, 1.82) is 5.26 Å². The molecule has 0 aliphatic carbocycles. The number of anilines is 1. The van der Waals surface area contributed by atoms with Crippen molar-refractivity contribution in [2.45, 2.75) is 19.8 Å². The van der Waals surface area contributed by atoms with Gasteiger partial charge in [0.05, 0.1) is 11.5 Å². The van der Waals surface area contributed by atoms with Gasteiger partial charge in [0, 0.05) is 21.8 Å². The third-order valence-electron chi connectivity index (χ3n) is 5.29. The standard InChI is InChI=1S/C24H19ClN4O3/c1-12-3-8-19-14(9-12)10-17(23(30)29-19)21-18(11-26)22(27)32-13(2)20(21)24(31)28-16-6-4-15(25)5-7-16/h3-10,21H,27H2,1-2H3,(H,28,31)(H,29,30). The number of nitriles is 1. The zero-order chi connectivity index (χ0) is 23.0. The summed E-state index contributed by atoms with van der Waals surface area (Å²) >= 11 is 5.92. The number of hydrogen-bond acceptors (Lipinski definition) is 5.